The molecule has 2 amide bonds. The van der Waals surface area contributed by atoms with E-state index in [4.69, 9.17) is 4.74 Å². The van der Waals surface area contributed by atoms with Crippen molar-refractivity contribution in [3.63, 3.8) is 0 Å². The lowest BCUT2D eigenvalue weighted by molar-refractivity contribution is -0.140. The van der Waals surface area contributed by atoms with E-state index >= 15 is 0 Å². The summed E-state index contributed by atoms with van der Waals surface area (Å²) in [4.78, 5) is 29.8. The summed E-state index contributed by atoms with van der Waals surface area (Å²) < 4.78 is 7.99. The lowest BCUT2D eigenvalue weighted by atomic mass is 9.94. The standard InChI is InChI=1S/C24H32N4O3/c29-23(12-15-27-14-7-13-25-27)26-16-22(31-19-20-8-3-1-4-9-20)17-28(24(30)18-26)21-10-5-2-6-11-21/h1,3-4,7-9,13-14,21-22H,2,5-6,10-12,15-19H2/t22-/m0/s1. The van der Waals surface area contributed by atoms with Gasteiger partial charge < -0.3 is 14.5 Å². The van der Waals surface area contributed by atoms with Crippen LogP contribution < -0.4 is 0 Å². The molecule has 0 bridgehead atoms. The third kappa shape index (κ3) is 5.94. The largest absolute Gasteiger partial charge is 0.370 e. The number of nitrogens with zero attached hydrogens (tertiary/aromatic N) is 4. The molecule has 7 nitrogen and oxygen atoms in total. The fourth-order valence-electron chi connectivity index (χ4n) is 4.57. The third-order valence-electron chi connectivity index (χ3n) is 6.28. The Bertz CT molecular complexity index is 834. The number of aryl methyl sites for hydroxylation is 1. The molecule has 1 saturated heterocycles. The van der Waals surface area contributed by atoms with Crippen LogP contribution in [0.25, 0.3) is 0 Å². The zero-order valence-electron chi connectivity index (χ0n) is 18.1. The maximum absolute atomic E-state index is 13.1. The number of hydrogen-bond donors (Lipinski definition) is 0. The van der Waals surface area contributed by atoms with Crippen LogP contribution in [0.15, 0.2) is 48.8 Å². The minimum absolute atomic E-state index is 0.0253. The first-order valence-electron chi connectivity index (χ1n) is 11.4. The molecular weight excluding hydrogens is 392 g/mol. The van der Waals surface area contributed by atoms with Crippen LogP contribution in [0.1, 0.15) is 44.1 Å². The number of aromatic nitrogens is 2. The molecule has 4 rings (SSSR count). The average molecular weight is 425 g/mol. The number of ether oxygens (including phenoxy) is 1. The number of carbonyl (C=O) groups excluding carboxylic acids is 2. The molecule has 1 saturated carbocycles. The summed E-state index contributed by atoms with van der Waals surface area (Å²) in [6, 6.07) is 12.2. The van der Waals surface area contributed by atoms with Crippen LogP contribution in [0.3, 0.4) is 0 Å². The van der Waals surface area contributed by atoms with Gasteiger partial charge in [-0.25, -0.2) is 0 Å². The molecule has 2 aromatic rings. The van der Waals surface area contributed by atoms with Gasteiger partial charge in [-0.1, -0.05) is 49.6 Å². The highest BCUT2D eigenvalue weighted by Crippen LogP contribution is 2.25. The zero-order valence-corrected chi connectivity index (χ0v) is 18.1. The molecule has 166 valence electrons. The van der Waals surface area contributed by atoms with Gasteiger partial charge in [0.2, 0.25) is 11.8 Å². The first-order chi connectivity index (χ1) is 15.2. The quantitative estimate of drug-likeness (QED) is 0.686. The molecule has 0 spiro atoms. The molecule has 0 unspecified atom stereocenters. The van der Waals surface area contributed by atoms with E-state index in [1.165, 1.54) is 6.42 Å². The van der Waals surface area contributed by atoms with Gasteiger partial charge in [-0.05, 0) is 24.5 Å². The van der Waals surface area contributed by atoms with Crippen molar-refractivity contribution in [3.05, 3.63) is 54.4 Å². The summed E-state index contributed by atoms with van der Waals surface area (Å²) in [6.45, 7) is 2.13. The second-order valence-electron chi connectivity index (χ2n) is 8.55. The zero-order chi connectivity index (χ0) is 21.5. The summed E-state index contributed by atoms with van der Waals surface area (Å²) in [5, 5.41) is 4.16. The lowest BCUT2D eigenvalue weighted by Gasteiger charge is -2.34. The van der Waals surface area contributed by atoms with E-state index in [1.807, 2.05) is 47.5 Å². The van der Waals surface area contributed by atoms with Crippen molar-refractivity contribution < 1.29 is 14.3 Å². The first-order valence-corrected chi connectivity index (χ1v) is 11.4. The number of benzene rings is 1. The summed E-state index contributed by atoms with van der Waals surface area (Å²) in [5.74, 6) is 0.0211. The van der Waals surface area contributed by atoms with Crippen LogP contribution in [0.4, 0.5) is 0 Å². The van der Waals surface area contributed by atoms with Crippen molar-refractivity contribution in [3.8, 4) is 0 Å². The van der Waals surface area contributed by atoms with Crippen molar-refractivity contribution in [1.29, 1.82) is 0 Å². The van der Waals surface area contributed by atoms with Gasteiger partial charge in [0.25, 0.3) is 0 Å². The molecule has 1 aromatic carbocycles. The van der Waals surface area contributed by atoms with Crippen molar-refractivity contribution in [2.75, 3.05) is 19.6 Å². The fraction of sp³-hybridized carbons (Fsp3) is 0.542. The second-order valence-corrected chi connectivity index (χ2v) is 8.55. The van der Waals surface area contributed by atoms with Crippen LogP contribution in [0, 0.1) is 0 Å². The molecule has 2 aliphatic rings. The van der Waals surface area contributed by atoms with Crippen LogP contribution in [0.5, 0.6) is 0 Å². The van der Waals surface area contributed by atoms with Crippen LogP contribution >= 0.6 is 0 Å². The minimum Gasteiger partial charge on any atom is -0.370 e. The van der Waals surface area contributed by atoms with Gasteiger partial charge >= 0.3 is 0 Å². The SMILES string of the molecule is O=C(CCn1cccn1)N1CC(=O)N(C2CCCCC2)C[C@@H](OCc2ccccc2)C1. The van der Waals surface area contributed by atoms with Gasteiger partial charge in [-0.3, -0.25) is 14.3 Å². The molecule has 2 fully saturated rings. The van der Waals surface area contributed by atoms with Crippen LogP contribution in [-0.2, 0) is 27.5 Å². The second kappa shape index (κ2) is 10.6. The van der Waals surface area contributed by atoms with E-state index in [1.54, 1.807) is 15.8 Å². The summed E-state index contributed by atoms with van der Waals surface area (Å²) in [5.41, 5.74) is 1.10. The normalized spacial score (nSPS) is 20.6. The number of carbonyl (C=O) groups is 2. The van der Waals surface area contributed by atoms with E-state index in [9.17, 15) is 9.59 Å². The molecule has 31 heavy (non-hydrogen) atoms. The van der Waals surface area contributed by atoms with E-state index in [2.05, 4.69) is 5.10 Å². The molecule has 1 aromatic heterocycles. The lowest BCUT2D eigenvalue weighted by Crippen LogP contribution is -2.46. The Kier molecular flexibility index (Phi) is 7.35. The highest BCUT2D eigenvalue weighted by Gasteiger charge is 2.34. The smallest absolute Gasteiger partial charge is 0.242 e. The number of amides is 2. The van der Waals surface area contributed by atoms with Crippen molar-refractivity contribution in [2.45, 2.75) is 63.8 Å². The van der Waals surface area contributed by atoms with E-state index in [0.29, 0.717) is 32.7 Å². The van der Waals surface area contributed by atoms with Gasteiger partial charge in [-0.15, -0.1) is 0 Å². The van der Waals surface area contributed by atoms with Crippen molar-refractivity contribution in [1.82, 2.24) is 19.6 Å². The summed E-state index contributed by atoms with van der Waals surface area (Å²) in [6.07, 6.45) is 9.34. The molecule has 1 aliphatic heterocycles. The van der Waals surface area contributed by atoms with Crippen molar-refractivity contribution >= 4 is 11.8 Å². The Labute approximate surface area is 184 Å². The molecule has 0 N–H and O–H groups in total. The predicted octanol–water partition coefficient (Wildman–Crippen LogP) is 2.86. The van der Waals surface area contributed by atoms with E-state index in [-0.39, 0.29) is 30.5 Å². The van der Waals surface area contributed by atoms with Crippen LogP contribution in [-0.4, -0.2) is 63.2 Å². The van der Waals surface area contributed by atoms with Gasteiger partial charge in [0.05, 0.1) is 19.3 Å². The summed E-state index contributed by atoms with van der Waals surface area (Å²) in [7, 11) is 0. The van der Waals surface area contributed by atoms with Gasteiger partial charge in [0.1, 0.15) is 0 Å². The third-order valence-corrected chi connectivity index (χ3v) is 6.28. The topological polar surface area (TPSA) is 67.7 Å². The minimum atomic E-state index is -0.192. The van der Waals surface area contributed by atoms with Gasteiger partial charge in [0.15, 0.2) is 0 Å². The predicted molar refractivity (Wildman–Crippen MR) is 117 cm³/mol. The maximum atomic E-state index is 13.1. The van der Waals surface area contributed by atoms with Gasteiger partial charge in [-0.2, -0.15) is 5.10 Å². The van der Waals surface area contributed by atoms with E-state index < -0.39 is 0 Å². The van der Waals surface area contributed by atoms with Gasteiger partial charge in [0, 0.05) is 44.5 Å². The maximum Gasteiger partial charge on any atom is 0.242 e. The Morgan fingerprint density at radius 2 is 1.87 bits per heavy atom. The fourth-order valence-corrected chi connectivity index (χ4v) is 4.57. The number of rotatable bonds is 7. The Balaban J connectivity index is 1.44. The van der Waals surface area contributed by atoms with Crippen LogP contribution in [0.2, 0.25) is 0 Å². The summed E-state index contributed by atoms with van der Waals surface area (Å²) >= 11 is 0. The molecule has 7 heteroatoms. The average Bonchev–Trinajstić information content (AvgIpc) is 3.27. The highest BCUT2D eigenvalue weighted by molar-refractivity contribution is 5.85. The first kappa shape index (κ1) is 21.6. The Morgan fingerprint density at radius 1 is 1.06 bits per heavy atom. The molecular formula is C24H32N4O3. The Hall–Kier alpha value is -2.67. The molecule has 2 heterocycles. The van der Waals surface area contributed by atoms with Crippen molar-refractivity contribution in [2.24, 2.45) is 0 Å². The van der Waals surface area contributed by atoms with E-state index in [0.717, 1.165) is 31.2 Å². The highest BCUT2D eigenvalue weighted by atomic mass is 16.5. The molecule has 1 aliphatic carbocycles. The Morgan fingerprint density at radius 3 is 2.61 bits per heavy atom. The molecule has 1 atom stereocenters. The number of hydrogen-bond acceptors (Lipinski definition) is 4. The monoisotopic (exact) mass is 424 g/mol. The molecule has 0 radical (unpaired) electrons.